The van der Waals surface area contributed by atoms with Gasteiger partial charge in [0.1, 0.15) is 11.1 Å². The van der Waals surface area contributed by atoms with Gasteiger partial charge >= 0.3 is 5.69 Å². The summed E-state index contributed by atoms with van der Waals surface area (Å²) in [5.41, 5.74) is 4.64. The maximum atomic E-state index is 13.4. The maximum absolute atomic E-state index is 13.4. The number of hydrogen-bond acceptors (Lipinski definition) is 4. The lowest BCUT2D eigenvalue weighted by molar-refractivity contribution is 0.572. The molecule has 0 spiro atoms. The van der Waals surface area contributed by atoms with Crippen molar-refractivity contribution in [3.63, 3.8) is 0 Å². The van der Waals surface area contributed by atoms with Gasteiger partial charge in [0.2, 0.25) is 0 Å². The second-order valence-corrected chi connectivity index (χ2v) is 9.98. The third-order valence-electron chi connectivity index (χ3n) is 6.84. The number of aromatic amines is 1. The highest BCUT2D eigenvalue weighted by molar-refractivity contribution is 7.80. The SMILES string of the molecule is Cc1ccc2[nH]cc(Cn3nc4c(c3-c3cc(S)cn3C)c(=O)n(C)c(=O)n4CC3CC3)c2c1. The number of nitrogens with one attached hydrogen (secondary N) is 1. The molecule has 8 nitrogen and oxygen atoms in total. The number of rotatable bonds is 5. The molecule has 1 fully saturated rings. The minimum atomic E-state index is -0.329. The van der Waals surface area contributed by atoms with E-state index in [4.69, 9.17) is 5.10 Å². The van der Waals surface area contributed by atoms with Crippen molar-refractivity contribution >= 4 is 34.6 Å². The lowest BCUT2D eigenvalue weighted by atomic mass is 10.1. The van der Waals surface area contributed by atoms with Crippen LogP contribution in [0, 0.1) is 12.8 Å². The van der Waals surface area contributed by atoms with Gasteiger partial charge in [0.25, 0.3) is 5.56 Å². The zero-order valence-corrected chi connectivity index (χ0v) is 20.3. The fraction of sp³-hybridized carbons (Fsp3) is 0.320. The molecule has 0 unspecified atom stereocenters. The Labute approximate surface area is 200 Å². The average molecular weight is 475 g/mol. The summed E-state index contributed by atoms with van der Waals surface area (Å²) in [7, 11) is 3.48. The van der Waals surface area contributed by atoms with Crippen LogP contribution in [0.2, 0.25) is 0 Å². The van der Waals surface area contributed by atoms with Crippen LogP contribution in [-0.2, 0) is 27.2 Å². The molecule has 1 aromatic carbocycles. The highest BCUT2D eigenvalue weighted by atomic mass is 32.1. The van der Waals surface area contributed by atoms with Crippen molar-refractivity contribution in [2.24, 2.45) is 20.0 Å². The van der Waals surface area contributed by atoms with Gasteiger partial charge in [-0.1, -0.05) is 11.6 Å². The third-order valence-corrected chi connectivity index (χ3v) is 7.08. The maximum Gasteiger partial charge on any atom is 0.332 e. The molecule has 0 saturated heterocycles. The number of benzene rings is 1. The summed E-state index contributed by atoms with van der Waals surface area (Å²) in [6.07, 6.45) is 6.09. The van der Waals surface area contributed by atoms with Crippen LogP contribution in [-0.4, -0.2) is 28.5 Å². The van der Waals surface area contributed by atoms with Crippen LogP contribution in [0.4, 0.5) is 0 Å². The smallest absolute Gasteiger partial charge is 0.332 e. The molecule has 0 radical (unpaired) electrons. The topological polar surface area (TPSA) is 82.5 Å². The Morgan fingerprint density at radius 3 is 2.68 bits per heavy atom. The number of nitrogens with zero attached hydrogens (tertiary/aromatic N) is 5. The number of fused-ring (bicyclic) bond motifs is 2. The quantitative estimate of drug-likeness (QED) is 0.383. The van der Waals surface area contributed by atoms with Gasteiger partial charge in [0.05, 0.1) is 12.2 Å². The summed E-state index contributed by atoms with van der Waals surface area (Å²) < 4.78 is 6.70. The van der Waals surface area contributed by atoms with Crippen molar-refractivity contribution in [2.45, 2.75) is 37.8 Å². The van der Waals surface area contributed by atoms with Gasteiger partial charge in [-0.05, 0) is 49.4 Å². The molecule has 0 atom stereocenters. The highest BCUT2D eigenvalue weighted by Gasteiger charge is 2.28. The van der Waals surface area contributed by atoms with Gasteiger partial charge in [-0.25, -0.2) is 4.79 Å². The van der Waals surface area contributed by atoms with Crippen LogP contribution < -0.4 is 11.2 Å². The minimum absolute atomic E-state index is 0.315. The number of H-pyrrole nitrogens is 1. The number of aryl methyl sites for hydroxylation is 2. The van der Waals surface area contributed by atoms with Crippen LogP contribution in [0.25, 0.3) is 33.3 Å². The fourth-order valence-corrected chi connectivity index (χ4v) is 5.12. The van der Waals surface area contributed by atoms with Gasteiger partial charge in [0.15, 0.2) is 5.65 Å². The highest BCUT2D eigenvalue weighted by Crippen LogP contribution is 2.33. The summed E-state index contributed by atoms with van der Waals surface area (Å²) in [5, 5.41) is 6.49. The van der Waals surface area contributed by atoms with E-state index in [1.807, 2.05) is 34.8 Å². The normalized spacial score (nSPS) is 14.0. The van der Waals surface area contributed by atoms with Gasteiger partial charge in [-0.15, -0.1) is 12.6 Å². The Morgan fingerprint density at radius 2 is 1.97 bits per heavy atom. The molecule has 0 aliphatic heterocycles. The zero-order valence-electron chi connectivity index (χ0n) is 19.4. The van der Waals surface area contributed by atoms with Gasteiger partial charge in [0, 0.05) is 48.8 Å². The molecule has 1 aliphatic rings. The van der Waals surface area contributed by atoms with Crippen molar-refractivity contribution in [1.29, 1.82) is 0 Å². The lowest BCUT2D eigenvalue weighted by Gasteiger charge is -2.09. The van der Waals surface area contributed by atoms with Crippen LogP contribution in [0.15, 0.2) is 51.1 Å². The summed E-state index contributed by atoms with van der Waals surface area (Å²) in [6, 6.07) is 8.24. The summed E-state index contributed by atoms with van der Waals surface area (Å²) in [5.74, 6) is 0.461. The third kappa shape index (κ3) is 3.26. The molecular weight excluding hydrogens is 448 g/mol. The molecule has 4 aromatic heterocycles. The first-order chi connectivity index (χ1) is 16.3. The van der Waals surface area contributed by atoms with Gasteiger partial charge in [-0.3, -0.25) is 18.6 Å². The summed E-state index contributed by atoms with van der Waals surface area (Å²) >= 11 is 4.53. The molecule has 0 bridgehead atoms. The lowest BCUT2D eigenvalue weighted by Crippen LogP contribution is -2.38. The second kappa shape index (κ2) is 7.53. The van der Waals surface area contributed by atoms with E-state index in [1.54, 1.807) is 11.6 Å². The molecule has 4 heterocycles. The zero-order chi connectivity index (χ0) is 23.7. The first-order valence-corrected chi connectivity index (χ1v) is 11.9. The van der Waals surface area contributed by atoms with E-state index in [-0.39, 0.29) is 11.2 Å². The Morgan fingerprint density at radius 1 is 1.18 bits per heavy atom. The summed E-state index contributed by atoms with van der Waals surface area (Å²) in [4.78, 5) is 30.7. The monoisotopic (exact) mass is 474 g/mol. The van der Waals surface area contributed by atoms with Crippen molar-refractivity contribution in [3.8, 4) is 11.4 Å². The molecular formula is C25H26N6O2S. The average Bonchev–Trinajstić information content (AvgIpc) is 3.29. The van der Waals surface area contributed by atoms with Crippen LogP contribution >= 0.6 is 12.6 Å². The van der Waals surface area contributed by atoms with Gasteiger partial charge in [-0.2, -0.15) is 5.10 Å². The Hall–Kier alpha value is -3.46. The van der Waals surface area contributed by atoms with E-state index in [1.165, 1.54) is 10.1 Å². The Bertz CT molecular complexity index is 1710. The molecule has 1 saturated carbocycles. The molecule has 5 aromatic rings. The predicted molar refractivity (Wildman–Crippen MR) is 136 cm³/mol. The van der Waals surface area contributed by atoms with Crippen molar-refractivity contribution in [2.75, 3.05) is 0 Å². The Balaban J connectivity index is 1.65. The van der Waals surface area contributed by atoms with Crippen LogP contribution in [0.5, 0.6) is 0 Å². The molecule has 174 valence electrons. The molecule has 34 heavy (non-hydrogen) atoms. The van der Waals surface area contributed by atoms with E-state index in [0.29, 0.717) is 35.7 Å². The van der Waals surface area contributed by atoms with Crippen LogP contribution in [0.1, 0.15) is 24.0 Å². The molecule has 9 heteroatoms. The van der Waals surface area contributed by atoms with Gasteiger partial charge < -0.3 is 9.55 Å². The molecule has 6 rings (SSSR count). The molecule has 1 N–H and O–H groups in total. The van der Waals surface area contributed by atoms with Crippen LogP contribution in [0.3, 0.4) is 0 Å². The van der Waals surface area contributed by atoms with Crippen molar-refractivity contribution in [1.82, 2.24) is 28.5 Å². The van der Waals surface area contributed by atoms with E-state index in [0.717, 1.165) is 39.9 Å². The van der Waals surface area contributed by atoms with Crippen molar-refractivity contribution < 1.29 is 0 Å². The number of thiol groups is 1. The van der Waals surface area contributed by atoms with E-state index < -0.39 is 0 Å². The first kappa shape index (κ1) is 21.1. The van der Waals surface area contributed by atoms with E-state index in [9.17, 15) is 9.59 Å². The van der Waals surface area contributed by atoms with E-state index in [2.05, 4.69) is 42.7 Å². The molecule has 0 amide bonds. The second-order valence-electron chi connectivity index (χ2n) is 9.46. The fourth-order valence-electron chi connectivity index (χ4n) is 4.83. The molecule has 1 aliphatic carbocycles. The Kier molecular flexibility index (Phi) is 4.67. The van der Waals surface area contributed by atoms with E-state index >= 15 is 0 Å². The first-order valence-electron chi connectivity index (χ1n) is 11.4. The predicted octanol–water partition coefficient (Wildman–Crippen LogP) is 3.44. The van der Waals surface area contributed by atoms with Crippen molar-refractivity contribution in [3.05, 3.63) is 68.6 Å². The number of hydrogen-bond donors (Lipinski definition) is 2. The largest absolute Gasteiger partial charge is 0.361 e. The standard InChI is InChI=1S/C25H26N6O2S/c1-14-4-7-19-18(8-14)16(10-26-19)12-31-22(20-9-17(34)13-28(20)2)21-23(27-31)30(11-15-5-6-15)25(33)29(3)24(21)32/h4,7-10,13,15,26,34H,5-6,11-12H2,1-3H3. The minimum Gasteiger partial charge on any atom is -0.361 e. The summed E-state index contributed by atoms with van der Waals surface area (Å²) in [6.45, 7) is 3.11. The number of aromatic nitrogens is 6.